The smallest absolute Gasteiger partial charge is 0.409 e. The van der Waals surface area contributed by atoms with Crippen molar-refractivity contribution in [3.63, 3.8) is 0 Å². The van der Waals surface area contributed by atoms with Crippen LogP contribution in [0.1, 0.15) is 30.9 Å². The van der Waals surface area contributed by atoms with E-state index in [-0.39, 0.29) is 30.0 Å². The normalized spacial score (nSPS) is 24.4. The molecule has 1 aliphatic carbocycles. The van der Waals surface area contributed by atoms with Crippen LogP contribution in [0, 0.1) is 11.3 Å². The second-order valence-electron chi connectivity index (χ2n) is 7.90. The minimum Gasteiger partial charge on any atom is -0.448 e. The highest BCUT2D eigenvalue weighted by molar-refractivity contribution is 5.79. The Hall–Kier alpha value is -2.33. The summed E-state index contributed by atoms with van der Waals surface area (Å²) >= 11 is 0. The molecule has 1 fully saturated rings. The number of amides is 1. The maximum atomic E-state index is 12.6. The van der Waals surface area contributed by atoms with E-state index in [1.165, 1.54) is 22.3 Å². The van der Waals surface area contributed by atoms with Crippen LogP contribution >= 0.6 is 0 Å². The zero-order valence-electron chi connectivity index (χ0n) is 15.3. The van der Waals surface area contributed by atoms with Crippen molar-refractivity contribution < 1.29 is 14.6 Å². The maximum absolute atomic E-state index is 12.6. The van der Waals surface area contributed by atoms with Gasteiger partial charge < -0.3 is 14.7 Å². The van der Waals surface area contributed by atoms with Crippen molar-refractivity contribution in [3.05, 3.63) is 59.7 Å². The Morgan fingerprint density at radius 1 is 1.15 bits per heavy atom. The molecule has 2 unspecified atom stereocenters. The van der Waals surface area contributed by atoms with Gasteiger partial charge >= 0.3 is 6.09 Å². The molecule has 2 atom stereocenters. The van der Waals surface area contributed by atoms with E-state index in [0.717, 1.165) is 0 Å². The summed E-state index contributed by atoms with van der Waals surface area (Å²) in [7, 11) is 0. The van der Waals surface area contributed by atoms with Gasteiger partial charge in [0, 0.05) is 24.4 Å². The zero-order valence-corrected chi connectivity index (χ0v) is 15.3. The van der Waals surface area contributed by atoms with E-state index >= 15 is 0 Å². The van der Waals surface area contributed by atoms with E-state index in [4.69, 9.17) is 4.74 Å². The van der Waals surface area contributed by atoms with Crippen LogP contribution in [0.15, 0.2) is 48.5 Å². The number of hydrogen-bond acceptors (Lipinski definition) is 3. The SMILES string of the molecule is CC1CN(C(=O)OCC2c3ccccc3-c3ccccc32)CC1(C)CO. The molecule has 2 aliphatic rings. The lowest BCUT2D eigenvalue weighted by Gasteiger charge is -2.25. The standard InChI is InChI=1S/C22H25NO3/c1-15-11-23(13-22(15,2)14-24)21(25)26-12-20-18-9-5-3-7-16(18)17-8-4-6-10-19(17)20/h3-10,15,20,24H,11-14H2,1-2H3. The summed E-state index contributed by atoms with van der Waals surface area (Å²) in [6, 6.07) is 16.7. The quantitative estimate of drug-likeness (QED) is 0.913. The third-order valence-corrected chi connectivity index (χ3v) is 6.19. The van der Waals surface area contributed by atoms with Gasteiger partial charge in [0.05, 0.1) is 6.61 Å². The molecule has 4 nitrogen and oxygen atoms in total. The summed E-state index contributed by atoms with van der Waals surface area (Å²) < 4.78 is 5.72. The first-order valence-electron chi connectivity index (χ1n) is 9.24. The lowest BCUT2D eigenvalue weighted by Crippen LogP contribution is -2.34. The topological polar surface area (TPSA) is 49.8 Å². The Morgan fingerprint density at radius 3 is 2.27 bits per heavy atom. The van der Waals surface area contributed by atoms with Gasteiger partial charge in [0.2, 0.25) is 0 Å². The third kappa shape index (κ3) is 2.69. The Kier molecular flexibility index (Phi) is 4.23. The molecule has 2 aromatic carbocycles. The van der Waals surface area contributed by atoms with Crippen LogP contribution in [-0.4, -0.2) is 42.4 Å². The number of aliphatic hydroxyl groups is 1. The number of rotatable bonds is 3. The second-order valence-corrected chi connectivity index (χ2v) is 7.90. The number of benzene rings is 2. The summed E-state index contributed by atoms with van der Waals surface area (Å²) in [4.78, 5) is 14.3. The van der Waals surface area contributed by atoms with Gasteiger partial charge in [-0.2, -0.15) is 0 Å². The van der Waals surface area contributed by atoms with E-state index in [2.05, 4.69) is 31.2 Å². The first-order chi connectivity index (χ1) is 12.5. The minimum atomic E-state index is -0.282. The Balaban J connectivity index is 1.50. The second kappa shape index (κ2) is 6.44. The average molecular weight is 351 g/mol. The van der Waals surface area contributed by atoms with Crippen molar-refractivity contribution in [2.24, 2.45) is 11.3 Å². The van der Waals surface area contributed by atoms with E-state index in [0.29, 0.717) is 19.7 Å². The first-order valence-corrected chi connectivity index (χ1v) is 9.24. The van der Waals surface area contributed by atoms with Gasteiger partial charge in [-0.15, -0.1) is 0 Å². The molecular weight excluding hydrogens is 326 g/mol. The van der Waals surface area contributed by atoms with Crippen molar-refractivity contribution in [1.29, 1.82) is 0 Å². The number of carbonyl (C=O) groups excluding carboxylic acids is 1. The summed E-state index contributed by atoms with van der Waals surface area (Å²) in [5.74, 6) is 0.337. The summed E-state index contributed by atoms with van der Waals surface area (Å²) in [6.07, 6.45) is -0.282. The molecule has 0 aromatic heterocycles. The molecule has 1 aliphatic heterocycles. The fourth-order valence-corrected chi connectivity index (χ4v) is 4.24. The third-order valence-electron chi connectivity index (χ3n) is 6.19. The number of hydrogen-bond donors (Lipinski definition) is 1. The van der Waals surface area contributed by atoms with Crippen LogP contribution in [0.25, 0.3) is 11.1 Å². The number of ether oxygens (including phenoxy) is 1. The van der Waals surface area contributed by atoms with Crippen LogP contribution in [0.3, 0.4) is 0 Å². The largest absolute Gasteiger partial charge is 0.448 e. The molecule has 2 aromatic rings. The van der Waals surface area contributed by atoms with Gasteiger partial charge in [0.25, 0.3) is 0 Å². The molecule has 0 radical (unpaired) electrons. The van der Waals surface area contributed by atoms with Gasteiger partial charge in [0.15, 0.2) is 0 Å². The van der Waals surface area contributed by atoms with Crippen LogP contribution in [0.2, 0.25) is 0 Å². The molecule has 136 valence electrons. The summed E-state index contributed by atoms with van der Waals surface area (Å²) in [5.41, 5.74) is 4.65. The fraction of sp³-hybridized carbons (Fsp3) is 0.409. The van der Waals surface area contributed by atoms with Gasteiger partial charge in [-0.25, -0.2) is 4.79 Å². The predicted molar refractivity (Wildman–Crippen MR) is 101 cm³/mol. The maximum Gasteiger partial charge on any atom is 0.409 e. The fourth-order valence-electron chi connectivity index (χ4n) is 4.24. The molecule has 0 bridgehead atoms. The summed E-state index contributed by atoms with van der Waals surface area (Å²) in [6.45, 7) is 5.70. The van der Waals surface area contributed by atoms with Gasteiger partial charge in [-0.3, -0.25) is 0 Å². The monoisotopic (exact) mass is 351 g/mol. The Labute approximate surface area is 154 Å². The molecule has 0 spiro atoms. The molecule has 4 heteroatoms. The molecule has 1 saturated heterocycles. The molecule has 1 amide bonds. The van der Waals surface area contributed by atoms with Crippen LogP contribution in [0.5, 0.6) is 0 Å². The number of carbonyl (C=O) groups is 1. The highest BCUT2D eigenvalue weighted by Gasteiger charge is 2.42. The van der Waals surface area contributed by atoms with Crippen molar-refractivity contribution in [2.75, 3.05) is 26.3 Å². The predicted octanol–water partition coefficient (Wildman–Crippen LogP) is 3.89. The van der Waals surface area contributed by atoms with Crippen LogP contribution < -0.4 is 0 Å². The molecule has 1 heterocycles. The van der Waals surface area contributed by atoms with E-state index < -0.39 is 0 Å². The lowest BCUT2D eigenvalue weighted by molar-refractivity contribution is 0.0938. The Bertz CT molecular complexity index is 788. The van der Waals surface area contributed by atoms with Crippen molar-refractivity contribution in [2.45, 2.75) is 19.8 Å². The molecule has 4 rings (SSSR count). The zero-order chi connectivity index (χ0) is 18.3. The van der Waals surface area contributed by atoms with Gasteiger partial charge in [-0.05, 0) is 28.2 Å². The lowest BCUT2D eigenvalue weighted by atomic mass is 9.82. The van der Waals surface area contributed by atoms with Gasteiger partial charge in [-0.1, -0.05) is 62.4 Å². The average Bonchev–Trinajstić information content (AvgIpc) is 3.15. The van der Waals surface area contributed by atoms with Crippen molar-refractivity contribution >= 4 is 6.09 Å². The number of nitrogens with zero attached hydrogens (tertiary/aromatic N) is 1. The summed E-state index contributed by atoms with van der Waals surface area (Å²) in [5, 5.41) is 9.64. The molecule has 1 N–H and O–H groups in total. The van der Waals surface area contributed by atoms with E-state index in [1.807, 2.05) is 31.2 Å². The molecular formula is C22H25NO3. The van der Waals surface area contributed by atoms with E-state index in [1.54, 1.807) is 4.90 Å². The highest BCUT2D eigenvalue weighted by atomic mass is 16.6. The Morgan fingerprint density at radius 2 is 1.73 bits per heavy atom. The van der Waals surface area contributed by atoms with Crippen molar-refractivity contribution in [3.8, 4) is 11.1 Å². The minimum absolute atomic E-state index is 0.0793. The van der Waals surface area contributed by atoms with Crippen LogP contribution in [-0.2, 0) is 4.74 Å². The molecule has 26 heavy (non-hydrogen) atoms. The van der Waals surface area contributed by atoms with E-state index in [9.17, 15) is 9.90 Å². The highest BCUT2D eigenvalue weighted by Crippen LogP contribution is 2.44. The first kappa shape index (κ1) is 17.1. The number of aliphatic hydroxyl groups excluding tert-OH is 1. The number of likely N-dealkylation sites (tertiary alicyclic amines) is 1. The number of fused-ring (bicyclic) bond motifs is 3. The van der Waals surface area contributed by atoms with Gasteiger partial charge in [0.1, 0.15) is 6.61 Å². The van der Waals surface area contributed by atoms with Crippen LogP contribution in [0.4, 0.5) is 4.79 Å². The van der Waals surface area contributed by atoms with Crippen molar-refractivity contribution in [1.82, 2.24) is 4.90 Å². The molecule has 0 saturated carbocycles.